The topological polar surface area (TPSA) is 119 Å². The second-order valence-corrected chi connectivity index (χ2v) is 13.0. The van der Waals surface area contributed by atoms with E-state index in [2.05, 4.69) is 73.8 Å². The molecule has 7 heteroatoms. The number of aliphatic carboxylic acids is 1. The summed E-state index contributed by atoms with van der Waals surface area (Å²) in [5.41, 5.74) is 5.47. The van der Waals surface area contributed by atoms with Crippen LogP contribution in [0.15, 0.2) is 60.8 Å². The zero-order valence-corrected chi connectivity index (χ0v) is 31.3. The van der Waals surface area contributed by atoms with Gasteiger partial charge in [0.1, 0.15) is 12.1 Å². The van der Waals surface area contributed by atoms with E-state index < -0.39 is 12.0 Å². The zero-order valence-electron chi connectivity index (χ0n) is 31.3. The Bertz CT molecular complexity index is 953. The molecule has 0 saturated carbocycles. The van der Waals surface area contributed by atoms with Crippen molar-refractivity contribution in [3.63, 3.8) is 0 Å². The van der Waals surface area contributed by atoms with E-state index in [1.54, 1.807) is 0 Å². The maximum Gasteiger partial charge on any atom is 0.326 e. The number of hydrogen-bond acceptors (Lipinski definition) is 5. The number of esters is 1. The third-order valence-electron chi connectivity index (χ3n) is 8.30. The number of amides is 1. The van der Waals surface area contributed by atoms with Crippen LogP contribution in [0.2, 0.25) is 0 Å². The number of carbonyl (C=O) groups excluding carboxylic acids is 2. The highest BCUT2D eigenvalue weighted by molar-refractivity contribution is 5.83. The van der Waals surface area contributed by atoms with Gasteiger partial charge in [0.2, 0.25) is 5.91 Å². The summed E-state index contributed by atoms with van der Waals surface area (Å²) in [6.45, 7) is 4.78. The van der Waals surface area contributed by atoms with Crippen molar-refractivity contribution < 1.29 is 24.2 Å². The van der Waals surface area contributed by atoms with Gasteiger partial charge in [0, 0.05) is 12.8 Å². The van der Waals surface area contributed by atoms with Crippen LogP contribution in [0.4, 0.5) is 0 Å². The van der Waals surface area contributed by atoms with E-state index in [1.165, 1.54) is 38.5 Å². The van der Waals surface area contributed by atoms with Crippen LogP contribution in [0, 0.1) is 0 Å². The van der Waals surface area contributed by atoms with Gasteiger partial charge >= 0.3 is 11.9 Å². The molecular formula is C42H72N2O5. The molecule has 0 bridgehead atoms. The van der Waals surface area contributed by atoms with Gasteiger partial charge < -0.3 is 20.9 Å². The summed E-state index contributed by atoms with van der Waals surface area (Å²) in [5, 5.41) is 11.9. The van der Waals surface area contributed by atoms with E-state index >= 15 is 0 Å². The van der Waals surface area contributed by atoms with E-state index in [0.717, 1.165) is 83.5 Å². The lowest BCUT2D eigenvalue weighted by molar-refractivity contribution is -0.147. The number of rotatable bonds is 34. The standard InChI is InChI=1S/C42H72N2O5/c1-3-5-7-9-11-13-14-15-16-17-18-20-22-24-30-36-41(46)49-38(32-27-23-21-19-12-10-8-6-4-2)33-28-25-26-29-35-40(45)44-39(42(47)48)34-31-37-43/h5,7,11,13,15-16,19,21,27,32,38-39H,3-4,6,8-10,12,14,17-18,20,22-26,28-31,33-37,43H2,1-2H3,(H,44,45)(H,47,48)/b7-5-,13-11-,16-15-,21-19-,32-27-. The minimum absolute atomic E-state index is 0.124. The maximum atomic E-state index is 12.7. The monoisotopic (exact) mass is 685 g/mol. The number of ether oxygens (including phenoxy) is 1. The number of unbranched alkanes of at least 4 members (excludes halogenated alkanes) is 12. The molecule has 0 aliphatic carbocycles. The molecule has 0 heterocycles. The van der Waals surface area contributed by atoms with Crippen LogP contribution in [0.3, 0.4) is 0 Å². The summed E-state index contributed by atoms with van der Waals surface area (Å²) in [7, 11) is 0. The highest BCUT2D eigenvalue weighted by Crippen LogP contribution is 2.14. The molecular weight excluding hydrogens is 612 g/mol. The Morgan fingerprint density at radius 3 is 1.82 bits per heavy atom. The number of hydrogen-bond donors (Lipinski definition) is 3. The maximum absolute atomic E-state index is 12.7. The Kier molecular flexibility index (Phi) is 34.2. The Morgan fingerprint density at radius 1 is 0.633 bits per heavy atom. The van der Waals surface area contributed by atoms with E-state index in [9.17, 15) is 19.5 Å². The number of carboxylic acids is 1. The number of carboxylic acid groups (broad SMARTS) is 1. The predicted octanol–water partition coefficient (Wildman–Crippen LogP) is 10.6. The normalized spacial score (nSPS) is 13.4. The van der Waals surface area contributed by atoms with Gasteiger partial charge in [0.05, 0.1) is 0 Å². The minimum atomic E-state index is -1.02. The van der Waals surface area contributed by atoms with Crippen LogP contribution in [-0.4, -0.2) is 41.6 Å². The van der Waals surface area contributed by atoms with Crippen molar-refractivity contribution >= 4 is 17.8 Å². The van der Waals surface area contributed by atoms with Gasteiger partial charge in [-0.15, -0.1) is 0 Å². The lowest BCUT2D eigenvalue weighted by Crippen LogP contribution is -2.40. The van der Waals surface area contributed by atoms with Gasteiger partial charge in [-0.05, 0) is 103 Å². The summed E-state index contributed by atoms with van der Waals surface area (Å²) in [6.07, 6.45) is 44.2. The van der Waals surface area contributed by atoms with Gasteiger partial charge in [-0.3, -0.25) is 9.59 Å². The molecule has 0 aromatic rings. The van der Waals surface area contributed by atoms with E-state index in [0.29, 0.717) is 38.6 Å². The Hall–Kier alpha value is -2.93. The summed E-state index contributed by atoms with van der Waals surface area (Å²) in [5.74, 6) is -1.38. The average Bonchev–Trinajstić information content (AvgIpc) is 3.08. The van der Waals surface area contributed by atoms with E-state index in [-0.39, 0.29) is 18.0 Å². The van der Waals surface area contributed by atoms with Crippen LogP contribution in [0.1, 0.15) is 168 Å². The van der Waals surface area contributed by atoms with Gasteiger partial charge in [-0.25, -0.2) is 4.79 Å². The smallest absolute Gasteiger partial charge is 0.326 e. The van der Waals surface area contributed by atoms with Gasteiger partial charge in [0.25, 0.3) is 0 Å². The fourth-order valence-electron chi connectivity index (χ4n) is 5.35. The molecule has 280 valence electrons. The minimum Gasteiger partial charge on any atom is -0.480 e. The fourth-order valence-corrected chi connectivity index (χ4v) is 5.35. The Balaban J connectivity index is 4.43. The molecule has 2 unspecified atom stereocenters. The first-order chi connectivity index (χ1) is 23.9. The van der Waals surface area contributed by atoms with Gasteiger partial charge in [0.15, 0.2) is 0 Å². The van der Waals surface area contributed by atoms with Gasteiger partial charge in [-0.2, -0.15) is 0 Å². The van der Waals surface area contributed by atoms with Crippen molar-refractivity contribution in [1.29, 1.82) is 0 Å². The summed E-state index contributed by atoms with van der Waals surface area (Å²) < 4.78 is 5.89. The molecule has 0 saturated heterocycles. The highest BCUT2D eigenvalue weighted by atomic mass is 16.5. The number of allylic oxidation sites excluding steroid dienone is 9. The molecule has 2 atom stereocenters. The summed E-state index contributed by atoms with van der Waals surface area (Å²) in [4.78, 5) is 36.2. The number of carbonyl (C=O) groups is 3. The zero-order chi connectivity index (χ0) is 36.0. The molecule has 0 fully saturated rings. The molecule has 0 aliphatic rings. The van der Waals surface area contributed by atoms with Crippen molar-refractivity contribution in [2.75, 3.05) is 6.54 Å². The molecule has 0 aliphatic heterocycles. The predicted molar refractivity (Wildman–Crippen MR) is 206 cm³/mol. The average molecular weight is 685 g/mol. The molecule has 0 rings (SSSR count). The van der Waals surface area contributed by atoms with Crippen LogP contribution < -0.4 is 11.1 Å². The summed E-state index contributed by atoms with van der Waals surface area (Å²) >= 11 is 0. The quantitative estimate of drug-likeness (QED) is 0.0353. The van der Waals surface area contributed by atoms with Crippen molar-refractivity contribution in [3.05, 3.63) is 60.8 Å². The second-order valence-electron chi connectivity index (χ2n) is 13.0. The molecule has 1 amide bonds. The Morgan fingerprint density at radius 2 is 1.18 bits per heavy atom. The van der Waals surface area contributed by atoms with Crippen LogP contribution in [0.25, 0.3) is 0 Å². The van der Waals surface area contributed by atoms with Crippen molar-refractivity contribution in [2.45, 2.75) is 180 Å². The second kappa shape index (κ2) is 36.4. The molecule has 49 heavy (non-hydrogen) atoms. The third-order valence-corrected chi connectivity index (χ3v) is 8.30. The molecule has 0 aromatic carbocycles. The molecule has 0 spiro atoms. The Labute approximate surface area is 300 Å². The third kappa shape index (κ3) is 33.3. The lowest BCUT2D eigenvalue weighted by atomic mass is 10.1. The molecule has 7 nitrogen and oxygen atoms in total. The molecule has 4 N–H and O–H groups in total. The van der Waals surface area contributed by atoms with E-state index in [4.69, 9.17) is 10.5 Å². The van der Waals surface area contributed by atoms with Crippen LogP contribution in [0.5, 0.6) is 0 Å². The van der Waals surface area contributed by atoms with Crippen molar-refractivity contribution in [2.24, 2.45) is 5.73 Å². The first kappa shape index (κ1) is 46.1. The first-order valence-corrected chi connectivity index (χ1v) is 19.6. The highest BCUT2D eigenvalue weighted by Gasteiger charge is 2.19. The van der Waals surface area contributed by atoms with Crippen molar-refractivity contribution in [3.8, 4) is 0 Å². The van der Waals surface area contributed by atoms with Gasteiger partial charge in [-0.1, -0.05) is 120 Å². The molecule has 0 radical (unpaired) electrons. The number of nitrogens with one attached hydrogen (secondary N) is 1. The lowest BCUT2D eigenvalue weighted by Gasteiger charge is -2.15. The molecule has 0 aromatic heterocycles. The first-order valence-electron chi connectivity index (χ1n) is 19.6. The largest absolute Gasteiger partial charge is 0.480 e. The van der Waals surface area contributed by atoms with E-state index in [1.807, 2.05) is 6.08 Å². The summed E-state index contributed by atoms with van der Waals surface area (Å²) in [6, 6.07) is -0.877. The van der Waals surface area contributed by atoms with Crippen LogP contribution >= 0.6 is 0 Å². The SMILES string of the molecule is CC/C=C\C/C=C\C/C=C\CCCCCCCC(=O)OC(/C=C\C/C=C\CCCCCC)CCCCCCC(=O)NC(CCCN)C(=O)O. The van der Waals surface area contributed by atoms with Crippen molar-refractivity contribution in [1.82, 2.24) is 5.32 Å². The number of nitrogens with two attached hydrogens (primary N) is 1. The fraction of sp³-hybridized carbons (Fsp3) is 0.690. The van der Waals surface area contributed by atoms with Crippen LogP contribution in [-0.2, 0) is 19.1 Å².